The highest BCUT2D eigenvalue weighted by Crippen LogP contribution is 2.43. The molecular weight excluding hydrogens is 743 g/mol. The van der Waals surface area contributed by atoms with Crippen LogP contribution in [0, 0.1) is 0 Å². The normalized spacial score (nSPS) is 17.1. The van der Waals surface area contributed by atoms with E-state index in [1.54, 1.807) is 0 Å². The SMILES string of the molecule is [N-]=[N+]=NCCOCCO[Si]1(OCCOCCO)n2c3c4ccccc4c2N=C2N=C(N=c4c5ccccc5c(n41)=NC1=NC(=N3)c3ccccc31)c1ccccc12. The van der Waals surface area contributed by atoms with E-state index in [2.05, 4.69) is 10.0 Å². The highest BCUT2D eigenvalue weighted by Gasteiger charge is 2.53. The Bertz CT molecular complexity index is 2760. The van der Waals surface area contributed by atoms with E-state index in [9.17, 15) is 5.11 Å². The molecule has 1 unspecified atom stereocenters. The number of aliphatic hydroxyl groups excluding tert-OH is 1. The number of ether oxygens (including phenoxy) is 2. The smallest absolute Gasteiger partial charge is 0.394 e. The first kappa shape index (κ1) is 35.0. The van der Waals surface area contributed by atoms with Gasteiger partial charge in [-0.3, -0.25) is 8.47 Å². The quantitative estimate of drug-likeness (QED) is 0.0582. The molecule has 57 heavy (non-hydrogen) atoms. The molecule has 0 spiro atoms. The number of rotatable bonds is 13. The molecule has 0 aliphatic carbocycles. The van der Waals surface area contributed by atoms with Crippen LogP contribution >= 0.6 is 0 Å². The summed E-state index contributed by atoms with van der Waals surface area (Å²) < 4.78 is 30.2. The average Bonchev–Trinajstić information content (AvgIpc) is 3.96. The van der Waals surface area contributed by atoms with Crippen LogP contribution in [0.5, 0.6) is 0 Å². The summed E-state index contributed by atoms with van der Waals surface area (Å²) in [5, 5.41) is 16.3. The molecule has 1 N–H and O–H groups in total. The van der Waals surface area contributed by atoms with Crippen molar-refractivity contribution in [2.75, 3.05) is 52.8 Å². The molecule has 1 atom stereocenters. The highest BCUT2D eigenvalue weighted by molar-refractivity contribution is 6.66. The Morgan fingerprint density at radius 3 is 1.44 bits per heavy atom. The first-order valence-electron chi connectivity index (χ1n) is 18.5. The number of benzene rings is 4. The van der Waals surface area contributed by atoms with Crippen LogP contribution < -0.4 is 11.0 Å². The van der Waals surface area contributed by atoms with Crippen molar-refractivity contribution < 1.29 is 23.4 Å². The first-order valence-corrected chi connectivity index (χ1v) is 20.2. The lowest BCUT2D eigenvalue weighted by atomic mass is 10.1. The van der Waals surface area contributed by atoms with Crippen molar-refractivity contribution in [2.24, 2.45) is 35.1 Å². The van der Waals surface area contributed by atoms with Gasteiger partial charge in [0.15, 0.2) is 23.3 Å². The molecule has 6 heterocycles. The molecule has 0 saturated carbocycles. The molecule has 0 saturated heterocycles. The van der Waals surface area contributed by atoms with Gasteiger partial charge in [-0.1, -0.05) is 102 Å². The largest absolute Gasteiger partial charge is 0.603 e. The number of azide groups is 1. The monoisotopic (exact) mass is 775 g/mol. The zero-order valence-electron chi connectivity index (χ0n) is 30.4. The lowest BCUT2D eigenvalue weighted by Gasteiger charge is -2.33. The third kappa shape index (κ3) is 5.76. The van der Waals surface area contributed by atoms with E-state index < -0.39 is 8.88 Å². The number of amidine groups is 4. The maximum Gasteiger partial charge on any atom is 0.603 e. The van der Waals surface area contributed by atoms with E-state index >= 15 is 0 Å². The fraction of sp³-hybridized carbons (Fsp3) is 0.200. The predicted molar refractivity (Wildman–Crippen MR) is 216 cm³/mol. The van der Waals surface area contributed by atoms with Gasteiger partial charge in [-0.15, -0.1) is 0 Å². The summed E-state index contributed by atoms with van der Waals surface area (Å²) in [5.74, 6) is 2.96. The van der Waals surface area contributed by atoms with E-state index in [0.717, 1.165) is 43.8 Å². The summed E-state index contributed by atoms with van der Waals surface area (Å²) >= 11 is 0. The fourth-order valence-corrected chi connectivity index (χ4v) is 10.9. The minimum absolute atomic E-state index is 0.0519. The van der Waals surface area contributed by atoms with Gasteiger partial charge in [0.05, 0.1) is 46.2 Å². The second kappa shape index (κ2) is 14.6. The van der Waals surface area contributed by atoms with Crippen molar-refractivity contribution in [3.63, 3.8) is 0 Å². The minimum atomic E-state index is -4.33. The zero-order chi connectivity index (χ0) is 38.3. The summed E-state index contributed by atoms with van der Waals surface area (Å²) in [6, 6.07) is 31.7. The minimum Gasteiger partial charge on any atom is -0.394 e. The number of hydrogen-bond donors (Lipinski definition) is 1. The van der Waals surface area contributed by atoms with Gasteiger partial charge in [0.2, 0.25) is 0 Å². The Morgan fingerprint density at radius 1 is 0.526 bits per heavy atom. The maximum absolute atomic E-state index is 9.56. The lowest BCUT2D eigenvalue weighted by molar-refractivity contribution is 0.0426. The molecule has 6 aromatic rings. The van der Waals surface area contributed by atoms with Gasteiger partial charge in [-0.05, 0) is 5.53 Å². The lowest BCUT2D eigenvalue weighted by Crippen LogP contribution is -2.64. The Morgan fingerprint density at radius 2 is 0.965 bits per heavy atom. The highest BCUT2D eigenvalue weighted by atomic mass is 28.4. The van der Waals surface area contributed by atoms with Crippen molar-refractivity contribution in [1.82, 2.24) is 8.47 Å². The third-order valence-electron chi connectivity index (χ3n) is 9.99. The van der Waals surface area contributed by atoms with Crippen LogP contribution in [-0.4, -0.2) is 98.6 Å². The summed E-state index contributed by atoms with van der Waals surface area (Å²) in [6.45, 7) is 0.762. The van der Waals surface area contributed by atoms with Crippen molar-refractivity contribution in [3.8, 4) is 0 Å². The molecule has 0 amide bonds. The van der Waals surface area contributed by atoms with Crippen LogP contribution in [0.4, 0.5) is 11.6 Å². The van der Waals surface area contributed by atoms with Gasteiger partial charge in [-0.2, -0.15) is 0 Å². The fourth-order valence-electron chi connectivity index (χ4n) is 7.62. The number of fused-ring (bicyclic) bond motifs is 14. The predicted octanol–water partition coefficient (Wildman–Crippen LogP) is 4.74. The van der Waals surface area contributed by atoms with E-state index in [-0.39, 0.29) is 52.8 Å². The number of hydrogen-bond acceptors (Lipinski definition) is 12. The molecule has 16 nitrogen and oxygen atoms in total. The van der Waals surface area contributed by atoms with Gasteiger partial charge < -0.3 is 23.4 Å². The van der Waals surface area contributed by atoms with Crippen molar-refractivity contribution >= 4 is 65.4 Å². The average molecular weight is 776 g/mol. The van der Waals surface area contributed by atoms with Crippen LogP contribution in [0.15, 0.2) is 132 Å². The molecule has 0 radical (unpaired) electrons. The van der Waals surface area contributed by atoms with Crippen LogP contribution in [-0.2, 0) is 18.3 Å². The Balaban J connectivity index is 1.38. The van der Waals surface area contributed by atoms with E-state index in [1.807, 2.05) is 106 Å². The summed E-state index contributed by atoms with van der Waals surface area (Å²) in [4.78, 5) is 34.5. The molecular formula is C40H33N11O5Si. The van der Waals surface area contributed by atoms with Crippen molar-refractivity contribution in [3.05, 3.63) is 141 Å². The van der Waals surface area contributed by atoms with Gasteiger partial charge in [0, 0.05) is 55.3 Å². The first-order chi connectivity index (χ1) is 28.2. The molecule has 2 aromatic heterocycles. The molecule has 4 aromatic carbocycles. The number of aliphatic hydroxyl groups is 1. The van der Waals surface area contributed by atoms with Crippen molar-refractivity contribution in [2.45, 2.75) is 0 Å². The molecule has 0 fully saturated rings. The van der Waals surface area contributed by atoms with Gasteiger partial charge in [0.25, 0.3) is 0 Å². The Labute approximate surface area is 325 Å². The van der Waals surface area contributed by atoms with Crippen molar-refractivity contribution in [1.29, 1.82) is 0 Å². The molecule has 17 heteroatoms. The Hall–Kier alpha value is -6.43. The zero-order valence-corrected chi connectivity index (χ0v) is 31.4. The van der Waals surface area contributed by atoms with E-state index in [1.165, 1.54) is 0 Å². The van der Waals surface area contributed by atoms with Gasteiger partial charge >= 0.3 is 8.88 Å². The molecule has 10 rings (SSSR count). The summed E-state index contributed by atoms with van der Waals surface area (Å²) in [6.07, 6.45) is 0. The standard InChI is InChI=1S/C40H33N11O5Si/c41-49-42-17-19-53-21-23-55-57(56-24-22-54-20-18-52)50-37-29-13-5-6-14-30(29)39(50)47-35-27-11-3-4-12-28(27)36(44-35)48-40-32-16-8-7-15-31(32)38(51(40)57)46-34-26-10-2-1-9-25(26)33(43-34)45-37/h1-16,52H,17-24H2. The second-order valence-electron chi connectivity index (χ2n) is 13.3. The number of aliphatic imine (C=N–C) groups is 4. The summed E-state index contributed by atoms with van der Waals surface area (Å²) in [7, 11) is -4.33. The van der Waals surface area contributed by atoms with Gasteiger partial charge in [0.1, 0.15) is 22.6 Å². The third-order valence-corrected chi connectivity index (χ3v) is 13.1. The van der Waals surface area contributed by atoms with Crippen LogP contribution in [0.1, 0.15) is 22.3 Å². The second-order valence-corrected chi connectivity index (χ2v) is 15.8. The molecule has 6 bridgehead atoms. The topological polar surface area (TPSA) is 190 Å². The van der Waals surface area contributed by atoms with E-state index in [4.69, 9.17) is 53.8 Å². The number of nitrogens with zero attached hydrogens (tertiary/aromatic N) is 11. The molecule has 4 aliphatic heterocycles. The molecule has 282 valence electrons. The molecule has 4 aliphatic rings. The Kier molecular flexibility index (Phi) is 8.95. The number of aromatic nitrogens is 2. The van der Waals surface area contributed by atoms with Crippen LogP contribution in [0.3, 0.4) is 0 Å². The van der Waals surface area contributed by atoms with Crippen LogP contribution in [0.25, 0.3) is 32.0 Å². The van der Waals surface area contributed by atoms with Crippen LogP contribution in [0.2, 0.25) is 0 Å². The van der Waals surface area contributed by atoms with Gasteiger partial charge in [-0.25, -0.2) is 30.0 Å². The maximum atomic E-state index is 9.56. The summed E-state index contributed by atoms with van der Waals surface area (Å²) in [5.41, 5.74) is 13.2. The van der Waals surface area contributed by atoms with E-state index in [0.29, 0.717) is 46.0 Å².